The van der Waals surface area contributed by atoms with Crippen molar-refractivity contribution in [2.45, 2.75) is 19.4 Å². The minimum atomic E-state index is -0.328. The van der Waals surface area contributed by atoms with Crippen molar-refractivity contribution in [3.8, 4) is 10.6 Å². The molecule has 1 fully saturated rings. The van der Waals surface area contributed by atoms with Gasteiger partial charge in [0, 0.05) is 12.6 Å². The summed E-state index contributed by atoms with van der Waals surface area (Å²) in [5.41, 5.74) is 0.110. The van der Waals surface area contributed by atoms with Crippen molar-refractivity contribution in [3.05, 3.63) is 44.4 Å². The van der Waals surface area contributed by atoms with Crippen LogP contribution in [0.1, 0.15) is 12.8 Å². The molecule has 2 aromatic heterocycles. The first-order valence-electron chi connectivity index (χ1n) is 5.62. The fourth-order valence-electron chi connectivity index (χ4n) is 1.89. The Labute approximate surface area is 102 Å². The maximum atomic E-state index is 11.8. The molecular weight excluding hydrogens is 236 g/mol. The minimum absolute atomic E-state index is 0.298. The van der Waals surface area contributed by atoms with E-state index in [1.807, 2.05) is 17.5 Å². The van der Waals surface area contributed by atoms with E-state index in [0.29, 0.717) is 12.5 Å². The number of aromatic amines is 1. The molecule has 0 amide bonds. The van der Waals surface area contributed by atoms with Crippen molar-refractivity contribution < 1.29 is 0 Å². The number of H-pyrrole nitrogens is 1. The normalized spacial score (nSPS) is 15.1. The second-order valence-electron chi connectivity index (χ2n) is 4.36. The molecule has 1 aliphatic rings. The van der Waals surface area contributed by atoms with Gasteiger partial charge in [-0.15, -0.1) is 11.3 Å². The molecule has 5 heteroatoms. The Bertz CT molecular complexity index is 635. The molecule has 0 spiro atoms. The number of rotatable bonds is 3. The highest BCUT2D eigenvalue weighted by Crippen LogP contribution is 2.32. The second-order valence-corrected chi connectivity index (χ2v) is 5.30. The van der Waals surface area contributed by atoms with E-state index in [2.05, 4.69) is 4.98 Å². The van der Waals surface area contributed by atoms with E-state index in [1.165, 1.54) is 18.9 Å². The average Bonchev–Trinajstić information content (AvgIpc) is 2.93. The van der Waals surface area contributed by atoms with E-state index in [1.54, 1.807) is 15.9 Å². The van der Waals surface area contributed by atoms with Crippen molar-refractivity contribution in [2.75, 3.05) is 0 Å². The van der Waals surface area contributed by atoms with Crippen LogP contribution in [0.2, 0.25) is 0 Å². The van der Waals surface area contributed by atoms with Gasteiger partial charge in [0.2, 0.25) is 0 Å². The summed E-state index contributed by atoms with van der Waals surface area (Å²) in [6.07, 6.45) is 2.35. The van der Waals surface area contributed by atoms with Gasteiger partial charge >= 0.3 is 5.69 Å². The fourth-order valence-corrected chi connectivity index (χ4v) is 2.64. The lowest BCUT2D eigenvalue weighted by atomic mass is 10.3. The van der Waals surface area contributed by atoms with Crippen LogP contribution in [0, 0.1) is 5.92 Å². The van der Waals surface area contributed by atoms with Gasteiger partial charge in [-0.25, -0.2) is 4.79 Å². The lowest BCUT2D eigenvalue weighted by molar-refractivity contribution is 0.596. The molecule has 3 rings (SSSR count). The summed E-state index contributed by atoms with van der Waals surface area (Å²) < 4.78 is 1.69. The Morgan fingerprint density at radius 2 is 2.24 bits per heavy atom. The Hall–Kier alpha value is -1.62. The standard InChI is InChI=1S/C12H12N2O2S/c15-11-6-9(10-2-1-5-17-10)14(12(16)13-11)7-8-3-4-8/h1-2,5-6,8H,3-4,7H2,(H,13,15,16). The smallest absolute Gasteiger partial charge is 0.292 e. The molecule has 88 valence electrons. The molecule has 0 radical (unpaired) electrons. The zero-order valence-electron chi connectivity index (χ0n) is 9.18. The Morgan fingerprint density at radius 1 is 1.41 bits per heavy atom. The molecule has 1 aliphatic carbocycles. The molecule has 0 saturated heterocycles. The summed E-state index contributed by atoms with van der Waals surface area (Å²) >= 11 is 1.54. The molecule has 0 aliphatic heterocycles. The first-order chi connectivity index (χ1) is 8.24. The molecule has 1 N–H and O–H groups in total. The van der Waals surface area contributed by atoms with Gasteiger partial charge in [-0.2, -0.15) is 0 Å². The Morgan fingerprint density at radius 3 is 2.88 bits per heavy atom. The van der Waals surface area contributed by atoms with E-state index in [-0.39, 0.29) is 11.2 Å². The van der Waals surface area contributed by atoms with Gasteiger partial charge in [0.1, 0.15) is 0 Å². The van der Waals surface area contributed by atoms with Crippen molar-refractivity contribution in [1.82, 2.24) is 9.55 Å². The lowest BCUT2D eigenvalue weighted by Crippen LogP contribution is -2.31. The lowest BCUT2D eigenvalue weighted by Gasteiger charge is -2.09. The van der Waals surface area contributed by atoms with Crippen LogP contribution >= 0.6 is 11.3 Å². The van der Waals surface area contributed by atoms with Crippen LogP contribution < -0.4 is 11.2 Å². The van der Waals surface area contributed by atoms with Crippen molar-refractivity contribution in [2.24, 2.45) is 5.92 Å². The highest BCUT2D eigenvalue weighted by atomic mass is 32.1. The van der Waals surface area contributed by atoms with Crippen molar-refractivity contribution in [3.63, 3.8) is 0 Å². The largest absolute Gasteiger partial charge is 0.328 e. The number of hydrogen-bond acceptors (Lipinski definition) is 3. The number of nitrogens with zero attached hydrogens (tertiary/aromatic N) is 1. The van der Waals surface area contributed by atoms with E-state index < -0.39 is 0 Å². The first-order valence-corrected chi connectivity index (χ1v) is 6.50. The third-order valence-electron chi connectivity index (χ3n) is 2.95. The molecule has 0 unspecified atom stereocenters. The predicted molar refractivity (Wildman–Crippen MR) is 67.4 cm³/mol. The minimum Gasteiger partial charge on any atom is -0.292 e. The van der Waals surface area contributed by atoms with Gasteiger partial charge in [0.05, 0.1) is 10.6 Å². The molecule has 0 bridgehead atoms. The van der Waals surface area contributed by atoms with E-state index in [4.69, 9.17) is 0 Å². The summed E-state index contributed by atoms with van der Waals surface area (Å²) in [6.45, 7) is 0.711. The van der Waals surface area contributed by atoms with Gasteiger partial charge in [-0.05, 0) is 30.2 Å². The number of hydrogen-bond donors (Lipinski definition) is 1. The van der Waals surface area contributed by atoms with Gasteiger partial charge < -0.3 is 0 Å². The van der Waals surface area contributed by atoms with Crippen LogP contribution in [0.4, 0.5) is 0 Å². The quantitative estimate of drug-likeness (QED) is 0.898. The SMILES string of the molecule is O=c1cc(-c2cccs2)n(CC2CC2)c(=O)[nH]1. The van der Waals surface area contributed by atoms with Crippen molar-refractivity contribution in [1.29, 1.82) is 0 Å². The molecule has 4 nitrogen and oxygen atoms in total. The predicted octanol–water partition coefficient (Wildman–Crippen LogP) is 1.68. The van der Waals surface area contributed by atoms with Crippen LogP contribution in [0.25, 0.3) is 10.6 Å². The van der Waals surface area contributed by atoms with Gasteiger partial charge in [0.15, 0.2) is 0 Å². The number of nitrogens with one attached hydrogen (secondary N) is 1. The molecule has 0 aromatic carbocycles. The summed E-state index contributed by atoms with van der Waals surface area (Å²) in [7, 11) is 0. The number of aromatic nitrogens is 2. The third-order valence-corrected chi connectivity index (χ3v) is 3.84. The fraction of sp³-hybridized carbons (Fsp3) is 0.333. The van der Waals surface area contributed by atoms with Gasteiger partial charge in [-0.3, -0.25) is 14.3 Å². The topological polar surface area (TPSA) is 54.9 Å². The third kappa shape index (κ3) is 2.10. The second kappa shape index (κ2) is 4.00. The molecule has 2 aromatic rings. The number of thiophene rings is 1. The molecule has 1 saturated carbocycles. The van der Waals surface area contributed by atoms with E-state index in [9.17, 15) is 9.59 Å². The van der Waals surface area contributed by atoms with Crippen LogP contribution in [0.15, 0.2) is 33.2 Å². The van der Waals surface area contributed by atoms with Crippen LogP contribution in [-0.2, 0) is 6.54 Å². The highest BCUT2D eigenvalue weighted by molar-refractivity contribution is 7.13. The average molecular weight is 248 g/mol. The molecule has 0 atom stereocenters. The maximum Gasteiger partial charge on any atom is 0.328 e. The van der Waals surface area contributed by atoms with E-state index in [0.717, 1.165) is 10.6 Å². The van der Waals surface area contributed by atoms with Crippen LogP contribution in [0.5, 0.6) is 0 Å². The zero-order valence-corrected chi connectivity index (χ0v) is 10.00. The van der Waals surface area contributed by atoms with Crippen molar-refractivity contribution >= 4 is 11.3 Å². The Balaban J connectivity index is 2.16. The van der Waals surface area contributed by atoms with Crippen LogP contribution in [-0.4, -0.2) is 9.55 Å². The maximum absolute atomic E-state index is 11.8. The first kappa shape index (κ1) is 10.5. The summed E-state index contributed by atoms with van der Waals surface area (Å²) in [4.78, 5) is 26.5. The Kier molecular flexibility index (Phi) is 2.48. The van der Waals surface area contributed by atoms with Crippen LogP contribution in [0.3, 0.4) is 0 Å². The monoisotopic (exact) mass is 248 g/mol. The zero-order chi connectivity index (χ0) is 11.8. The van der Waals surface area contributed by atoms with E-state index >= 15 is 0 Å². The molecule has 17 heavy (non-hydrogen) atoms. The molecule has 2 heterocycles. The van der Waals surface area contributed by atoms with Gasteiger partial charge in [-0.1, -0.05) is 6.07 Å². The summed E-state index contributed by atoms with van der Waals surface area (Å²) in [5, 5.41) is 1.95. The summed E-state index contributed by atoms with van der Waals surface area (Å²) in [6, 6.07) is 5.37. The highest BCUT2D eigenvalue weighted by Gasteiger charge is 2.23. The summed E-state index contributed by atoms with van der Waals surface area (Å²) in [5.74, 6) is 0.595. The van der Waals surface area contributed by atoms with Gasteiger partial charge in [0.25, 0.3) is 5.56 Å². The molecular formula is C12H12N2O2S.